The Bertz CT molecular complexity index is 1170. The standard InChI is InChI=1S/C25H24N4O2/c30-24(26-15-12-19-6-10-23(11-7-19)29-17-3-14-28-29)13-16-27-25(31)22-9-8-20-4-1-2-5-21(20)18-22/h1-11,14,17-18H,12-13,15-16H2,(H,26,30)(H,27,31). The number of benzene rings is 3. The highest BCUT2D eigenvalue weighted by Crippen LogP contribution is 2.15. The fourth-order valence-electron chi connectivity index (χ4n) is 3.39. The smallest absolute Gasteiger partial charge is 0.251 e. The van der Waals surface area contributed by atoms with Crippen LogP contribution in [0.1, 0.15) is 22.3 Å². The maximum atomic E-state index is 12.3. The molecule has 3 aromatic carbocycles. The molecular formula is C25H24N4O2. The predicted octanol–water partition coefficient (Wildman–Crippen LogP) is 3.50. The van der Waals surface area contributed by atoms with Gasteiger partial charge in [-0.25, -0.2) is 4.68 Å². The minimum absolute atomic E-state index is 0.0769. The maximum absolute atomic E-state index is 12.3. The molecule has 6 nitrogen and oxygen atoms in total. The van der Waals surface area contributed by atoms with Crippen LogP contribution in [0.2, 0.25) is 0 Å². The Morgan fingerprint density at radius 1 is 0.839 bits per heavy atom. The Balaban J connectivity index is 1.17. The zero-order valence-corrected chi connectivity index (χ0v) is 17.1. The van der Waals surface area contributed by atoms with Crippen LogP contribution < -0.4 is 10.6 Å². The second-order valence-corrected chi connectivity index (χ2v) is 7.28. The number of nitrogens with zero attached hydrogens (tertiary/aromatic N) is 2. The van der Waals surface area contributed by atoms with Gasteiger partial charge in [0.05, 0.1) is 5.69 Å². The first-order valence-electron chi connectivity index (χ1n) is 10.3. The minimum atomic E-state index is -0.171. The van der Waals surface area contributed by atoms with E-state index in [1.54, 1.807) is 16.9 Å². The van der Waals surface area contributed by atoms with Crippen LogP contribution in [-0.2, 0) is 11.2 Å². The molecule has 0 atom stereocenters. The molecule has 4 aromatic rings. The van der Waals surface area contributed by atoms with Crippen molar-refractivity contribution < 1.29 is 9.59 Å². The Morgan fingerprint density at radius 2 is 1.65 bits per heavy atom. The molecule has 0 fully saturated rings. The van der Waals surface area contributed by atoms with Crippen LogP contribution in [0.15, 0.2) is 85.2 Å². The third-order valence-electron chi connectivity index (χ3n) is 5.09. The van der Waals surface area contributed by atoms with E-state index < -0.39 is 0 Å². The third kappa shape index (κ3) is 5.36. The van der Waals surface area contributed by atoms with E-state index in [4.69, 9.17) is 0 Å². The lowest BCUT2D eigenvalue weighted by Gasteiger charge is -2.08. The van der Waals surface area contributed by atoms with E-state index in [0.717, 1.165) is 28.4 Å². The normalized spacial score (nSPS) is 10.7. The first-order chi connectivity index (χ1) is 15.2. The summed E-state index contributed by atoms with van der Waals surface area (Å²) in [5.74, 6) is -0.247. The van der Waals surface area contributed by atoms with Gasteiger partial charge < -0.3 is 10.6 Å². The highest BCUT2D eigenvalue weighted by Gasteiger charge is 2.07. The van der Waals surface area contributed by atoms with E-state index in [1.165, 1.54) is 0 Å². The topological polar surface area (TPSA) is 76.0 Å². The monoisotopic (exact) mass is 412 g/mol. The SMILES string of the molecule is O=C(CCNC(=O)c1ccc2ccccc2c1)NCCc1ccc(-n2cccn2)cc1. The fourth-order valence-corrected chi connectivity index (χ4v) is 3.39. The molecule has 31 heavy (non-hydrogen) atoms. The number of aromatic nitrogens is 2. The summed E-state index contributed by atoms with van der Waals surface area (Å²) in [4.78, 5) is 24.4. The van der Waals surface area contributed by atoms with Crippen LogP contribution in [0.25, 0.3) is 16.5 Å². The Labute approximate surface area is 180 Å². The molecule has 0 bridgehead atoms. The van der Waals surface area contributed by atoms with Crippen molar-refractivity contribution in [2.24, 2.45) is 0 Å². The summed E-state index contributed by atoms with van der Waals surface area (Å²) in [6.45, 7) is 0.856. The van der Waals surface area contributed by atoms with Crippen molar-refractivity contribution >= 4 is 22.6 Å². The molecule has 0 saturated carbocycles. The average molecular weight is 412 g/mol. The number of hydrogen-bond acceptors (Lipinski definition) is 3. The molecule has 0 radical (unpaired) electrons. The van der Waals surface area contributed by atoms with Crippen LogP contribution in [0.3, 0.4) is 0 Å². The van der Waals surface area contributed by atoms with Crippen molar-refractivity contribution in [3.8, 4) is 5.69 Å². The zero-order chi connectivity index (χ0) is 21.5. The number of carbonyl (C=O) groups is 2. The molecule has 0 unspecified atom stereocenters. The van der Waals surface area contributed by atoms with Gasteiger partial charge in [0.2, 0.25) is 5.91 Å². The fraction of sp³-hybridized carbons (Fsp3) is 0.160. The molecule has 1 aromatic heterocycles. The highest BCUT2D eigenvalue weighted by molar-refractivity contribution is 5.98. The molecule has 156 valence electrons. The van der Waals surface area contributed by atoms with E-state index in [-0.39, 0.29) is 18.2 Å². The summed E-state index contributed by atoms with van der Waals surface area (Å²) >= 11 is 0. The summed E-state index contributed by atoms with van der Waals surface area (Å²) in [5.41, 5.74) is 2.73. The lowest BCUT2D eigenvalue weighted by Crippen LogP contribution is -2.31. The van der Waals surface area contributed by atoms with Gasteiger partial charge in [-0.3, -0.25) is 9.59 Å². The van der Waals surface area contributed by atoms with Crippen LogP contribution in [0, 0.1) is 0 Å². The summed E-state index contributed by atoms with van der Waals surface area (Å²) in [7, 11) is 0. The van der Waals surface area contributed by atoms with E-state index in [9.17, 15) is 9.59 Å². The highest BCUT2D eigenvalue weighted by atomic mass is 16.2. The molecule has 4 rings (SSSR count). The molecule has 0 spiro atoms. The van der Waals surface area contributed by atoms with Gasteiger partial charge in [0.25, 0.3) is 5.91 Å². The molecule has 0 aliphatic heterocycles. The number of carbonyl (C=O) groups excluding carboxylic acids is 2. The summed E-state index contributed by atoms with van der Waals surface area (Å²) in [6.07, 6.45) is 4.63. The van der Waals surface area contributed by atoms with Gasteiger partial charge in [0.1, 0.15) is 0 Å². The lowest BCUT2D eigenvalue weighted by molar-refractivity contribution is -0.120. The van der Waals surface area contributed by atoms with Crippen LogP contribution in [0.5, 0.6) is 0 Å². The van der Waals surface area contributed by atoms with E-state index in [2.05, 4.69) is 15.7 Å². The van der Waals surface area contributed by atoms with Gasteiger partial charge in [0, 0.05) is 37.5 Å². The van der Waals surface area contributed by atoms with Gasteiger partial charge >= 0.3 is 0 Å². The molecule has 2 amide bonds. The Morgan fingerprint density at radius 3 is 2.42 bits per heavy atom. The molecule has 0 saturated heterocycles. The maximum Gasteiger partial charge on any atom is 0.251 e. The second-order valence-electron chi connectivity index (χ2n) is 7.28. The van der Waals surface area contributed by atoms with Gasteiger partial charge in [-0.2, -0.15) is 5.10 Å². The van der Waals surface area contributed by atoms with Gasteiger partial charge in [-0.05, 0) is 53.1 Å². The third-order valence-corrected chi connectivity index (χ3v) is 5.09. The van der Waals surface area contributed by atoms with Gasteiger partial charge in [0.15, 0.2) is 0 Å². The Kier molecular flexibility index (Phi) is 6.38. The van der Waals surface area contributed by atoms with Crippen molar-refractivity contribution in [1.82, 2.24) is 20.4 Å². The summed E-state index contributed by atoms with van der Waals surface area (Å²) in [5, 5.41) is 12.0. The first kappa shape index (κ1) is 20.3. The van der Waals surface area contributed by atoms with Crippen LogP contribution in [-0.4, -0.2) is 34.7 Å². The zero-order valence-electron chi connectivity index (χ0n) is 17.1. The van der Waals surface area contributed by atoms with E-state index in [1.807, 2.05) is 72.9 Å². The second kappa shape index (κ2) is 9.71. The molecule has 2 N–H and O–H groups in total. The van der Waals surface area contributed by atoms with Gasteiger partial charge in [-0.1, -0.05) is 42.5 Å². The van der Waals surface area contributed by atoms with Crippen molar-refractivity contribution in [2.75, 3.05) is 13.1 Å². The van der Waals surface area contributed by atoms with E-state index in [0.29, 0.717) is 18.7 Å². The van der Waals surface area contributed by atoms with Crippen LogP contribution >= 0.6 is 0 Å². The largest absolute Gasteiger partial charge is 0.356 e. The Hall–Kier alpha value is -3.93. The molecule has 1 heterocycles. The number of amides is 2. The molecule has 6 heteroatoms. The number of hydrogen-bond donors (Lipinski definition) is 2. The van der Waals surface area contributed by atoms with Crippen molar-refractivity contribution in [1.29, 1.82) is 0 Å². The molecular weight excluding hydrogens is 388 g/mol. The van der Waals surface area contributed by atoms with Crippen molar-refractivity contribution in [2.45, 2.75) is 12.8 Å². The lowest BCUT2D eigenvalue weighted by atomic mass is 10.1. The number of nitrogens with one attached hydrogen (secondary N) is 2. The quantitative estimate of drug-likeness (QED) is 0.465. The average Bonchev–Trinajstić information content (AvgIpc) is 3.34. The minimum Gasteiger partial charge on any atom is -0.356 e. The van der Waals surface area contributed by atoms with Crippen LogP contribution in [0.4, 0.5) is 0 Å². The van der Waals surface area contributed by atoms with Gasteiger partial charge in [-0.15, -0.1) is 0 Å². The predicted molar refractivity (Wildman–Crippen MR) is 121 cm³/mol. The number of rotatable bonds is 8. The van der Waals surface area contributed by atoms with Crippen molar-refractivity contribution in [3.63, 3.8) is 0 Å². The molecule has 0 aliphatic carbocycles. The number of fused-ring (bicyclic) bond motifs is 1. The summed E-state index contributed by atoms with van der Waals surface area (Å²) < 4.78 is 1.80. The first-order valence-corrected chi connectivity index (χ1v) is 10.3. The summed E-state index contributed by atoms with van der Waals surface area (Å²) in [6, 6.07) is 23.5. The van der Waals surface area contributed by atoms with Crippen molar-refractivity contribution in [3.05, 3.63) is 96.3 Å². The molecule has 0 aliphatic rings. The van der Waals surface area contributed by atoms with E-state index >= 15 is 0 Å².